The highest BCUT2D eigenvalue weighted by Gasteiger charge is 2.21. The molecule has 94 valence electrons. The molecule has 0 saturated heterocycles. The fourth-order valence-electron chi connectivity index (χ4n) is 2.61. The van der Waals surface area contributed by atoms with Gasteiger partial charge in [0, 0.05) is 24.4 Å². The van der Waals surface area contributed by atoms with E-state index in [0.717, 1.165) is 31.0 Å². The first-order chi connectivity index (χ1) is 8.88. The maximum Gasteiger partial charge on any atom is 0.122 e. The van der Waals surface area contributed by atoms with Crippen LogP contribution in [0.5, 0.6) is 5.75 Å². The monoisotopic (exact) mass is 243 g/mol. The Hall–Kier alpha value is -1.74. The number of aromatic nitrogens is 1. The van der Waals surface area contributed by atoms with E-state index in [9.17, 15) is 5.11 Å². The van der Waals surface area contributed by atoms with Crippen LogP contribution < -0.4 is 4.74 Å². The summed E-state index contributed by atoms with van der Waals surface area (Å²) in [6, 6.07) is 12.2. The molecule has 1 aliphatic rings. The first kappa shape index (κ1) is 11.4. The number of aliphatic hydroxyl groups is 1. The molecular formula is C15H17NO2. The Morgan fingerprint density at radius 1 is 1.22 bits per heavy atom. The highest BCUT2D eigenvalue weighted by atomic mass is 16.5. The number of ether oxygens (including phenoxy) is 1. The minimum absolute atomic E-state index is 0.0951. The predicted molar refractivity (Wildman–Crippen MR) is 69.6 cm³/mol. The third kappa shape index (κ3) is 2.02. The van der Waals surface area contributed by atoms with Crippen LogP contribution in [0.15, 0.2) is 42.6 Å². The van der Waals surface area contributed by atoms with E-state index in [0.29, 0.717) is 5.92 Å². The van der Waals surface area contributed by atoms with Crippen LogP contribution in [0.2, 0.25) is 0 Å². The SMILES string of the molecule is OCc1cccn1CC1CCOc2ccccc21. The first-order valence-corrected chi connectivity index (χ1v) is 6.35. The van der Waals surface area contributed by atoms with Crippen LogP contribution in [0.1, 0.15) is 23.6 Å². The van der Waals surface area contributed by atoms with Crippen molar-refractivity contribution in [1.29, 1.82) is 0 Å². The maximum absolute atomic E-state index is 9.29. The lowest BCUT2D eigenvalue weighted by Crippen LogP contribution is -2.19. The van der Waals surface area contributed by atoms with Gasteiger partial charge in [-0.15, -0.1) is 0 Å². The molecule has 2 aromatic rings. The van der Waals surface area contributed by atoms with Crippen molar-refractivity contribution in [3.05, 3.63) is 53.9 Å². The average Bonchev–Trinajstić information content (AvgIpc) is 2.86. The number of benzene rings is 1. The second kappa shape index (κ2) is 4.86. The Bertz CT molecular complexity index is 533. The lowest BCUT2D eigenvalue weighted by Gasteiger charge is -2.26. The molecule has 0 aliphatic carbocycles. The molecule has 1 aliphatic heterocycles. The van der Waals surface area contributed by atoms with Gasteiger partial charge in [-0.05, 0) is 30.2 Å². The number of para-hydroxylation sites is 1. The van der Waals surface area contributed by atoms with Gasteiger partial charge in [-0.2, -0.15) is 0 Å². The van der Waals surface area contributed by atoms with Gasteiger partial charge in [0.25, 0.3) is 0 Å². The van der Waals surface area contributed by atoms with Gasteiger partial charge in [-0.1, -0.05) is 18.2 Å². The lowest BCUT2D eigenvalue weighted by molar-refractivity contribution is 0.249. The van der Waals surface area contributed by atoms with Gasteiger partial charge < -0.3 is 14.4 Å². The van der Waals surface area contributed by atoms with E-state index in [1.54, 1.807) is 0 Å². The normalized spacial score (nSPS) is 18.2. The standard InChI is InChI=1S/C15H17NO2/c17-11-13-4-3-8-16(13)10-12-7-9-18-15-6-2-1-5-14(12)15/h1-6,8,12,17H,7,9-11H2. The highest BCUT2D eigenvalue weighted by Crippen LogP contribution is 2.34. The molecule has 0 saturated carbocycles. The van der Waals surface area contributed by atoms with E-state index in [2.05, 4.69) is 16.7 Å². The zero-order valence-corrected chi connectivity index (χ0v) is 10.2. The molecule has 1 atom stereocenters. The number of hydrogen-bond donors (Lipinski definition) is 1. The lowest BCUT2D eigenvalue weighted by atomic mass is 9.93. The molecule has 0 bridgehead atoms. The fourth-order valence-corrected chi connectivity index (χ4v) is 2.61. The van der Waals surface area contributed by atoms with Gasteiger partial charge >= 0.3 is 0 Å². The van der Waals surface area contributed by atoms with Crippen molar-refractivity contribution in [2.75, 3.05) is 6.61 Å². The van der Waals surface area contributed by atoms with Crippen LogP contribution in [-0.4, -0.2) is 16.3 Å². The van der Waals surface area contributed by atoms with Crippen molar-refractivity contribution in [3.63, 3.8) is 0 Å². The Morgan fingerprint density at radius 2 is 2.11 bits per heavy atom. The molecule has 1 aromatic carbocycles. The summed E-state index contributed by atoms with van der Waals surface area (Å²) in [5.74, 6) is 1.47. The minimum atomic E-state index is 0.0951. The summed E-state index contributed by atoms with van der Waals surface area (Å²) in [5.41, 5.74) is 2.25. The van der Waals surface area contributed by atoms with Crippen molar-refractivity contribution < 1.29 is 9.84 Å². The number of fused-ring (bicyclic) bond motifs is 1. The van der Waals surface area contributed by atoms with Crippen LogP contribution >= 0.6 is 0 Å². The van der Waals surface area contributed by atoms with Gasteiger partial charge in [0.15, 0.2) is 0 Å². The van der Waals surface area contributed by atoms with Crippen molar-refractivity contribution in [2.24, 2.45) is 0 Å². The maximum atomic E-state index is 9.29. The number of hydrogen-bond acceptors (Lipinski definition) is 2. The summed E-state index contributed by atoms with van der Waals surface area (Å²) < 4.78 is 7.80. The Kier molecular flexibility index (Phi) is 3.07. The zero-order valence-electron chi connectivity index (χ0n) is 10.2. The molecular weight excluding hydrogens is 226 g/mol. The van der Waals surface area contributed by atoms with Gasteiger partial charge in [0.1, 0.15) is 5.75 Å². The summed E-state index contributed by atoms with van der Waals surface area (Å²) in [4.78, 5) is 0. The third-order valence-corrected chi connectivity index (χ3v) is 3.59. The van der Waals surface area contributed by atoms with Gasteiger partial charge in [0.2, 0.25) is 0 Å². The summed E-state index contributed by atoms with van der Waals surface area (Å²) >= 11 is 0. The molecule has 0 amide bonds. The quantitative estimate of drug-likeness (QED) is 0.899. The van der Waals surface area contributed by atoms with Gasteiger partial charge in [-0.3, -0.25) is 0 Å². The van der Waals surface area contributed by atoms with Crippen LogP contribution in [0.3, 0.4) is 0 Å². The number of rotatable bonds is 3. The number of nitrogens with zero attached hydrogens (tertiary/aromatic N) is 1. The van der Waals surface area contributed by atoms with Crippen LogP contribution in [0.25, 0.3) is 0 Å². The second-order valence-electron chi connectivity index (χ2n) is 4.68. The Balaban J connectivity index is 1.86. The molecule has 2 heterocycles. The summed E-state index contributed by atoms with van der Waals surface area (Å²) in [6.45, 7) is 1.78. The molecule has 0 fully saturated rings. The van der Waals surface area contributed by atoms with Crippen molar-refractivity contribution >= 4 is 0 Å². The minimum Gasteiger partial charge on any atom is -0.493 e. The predicted octanol–water partition coefficient (Wildman–Crippen LogP) is 2.55. The van der Waals surface area contributed by atoms with Crippen molar-refractivity contribution in [2.45, 2.75) is 25.5 Å². The topological polar surface area (TPSA) is 34.4 Å². The molecule has 1 unspecified atom stereocenters. The van der Waals surface area contributed by atoms with E-state index in [4.69, 9.17) is 4.74 Å². The molecule has 1 aromatic heterocycles. The summed E-state index contributed by atoms with van der Waals surface area (Å²) in [5, 5.41) is 9.29. The third-order valence-electron chi connectivity index (χ3n) is 3.59. The van der Waals surface area contributed by atoms with Crippen LogP contribution in [0, 0.1) is 0 Å². The zero-order chi connectivity index (χ0) is 12.4. The Labute approximate surface area is 107 Å². The summed E-state index contributed by atoms with van der Waals surface area (Å²) in [6.07, 6.45) is 3.06. The van der Waals surface area contributed by atoms with E-state index in [-0.39, 0.29) is 6.61 Å². The van der Waals surface area contributed by atoms with Crippen molar-refractivity contribution in [3.8, 4) is 5.75 Å². The van der Waals surface area contributed by atoms with Crippen molar-refractivity contribution in [1.82, 2.24) is 4.57 Å². The van der Waals surface area contributed by atoms with Crippen LogP contribution in [-0.2, 0) is 13.2 Å². The second-order valence-corrected chi connectivity index (χ2v) is 4.68. The van der Waals surface area contributed by atoms with Gasteiger partial charge in [0.05, 0.1) is 13.2 Å². The molecule has 0 spiro atoms. The Morgan fingerprint density at radius 3 is 3.00 bits per heavy atom. The van der Waals surface area contributed by atoms with Crippen LogP contribution in [0.4, 0.5) is 0 Å². The van der Waals surface area contributed by atoms with E-state index in [1.165, 1.54) is 5.56 Å². The average molecular weight is 243 g/mol. The van der Waals surface area contributed by atoms with E-state index in [1.807, 2.05) is 30.5 Å². The smallest absolute Gasteiger partial charge is 0.122 e. The van der Waals surface area contributed by atoms with E-state index >= 15 is 0 Å². The highest BCUT2D eigenvalue weighted by molar-refractivity contribution is 5.37. The first-order valence-electron chi connectivity index (χ1n) is 6.35. The molecule has 3 rings (SSSR count). The fraction of sp³-hybridized carbons (Fsp3) is 0.333. The van der Waals surface area contributed by atoms with Gasteiger partial charge in [-0.25, -0.2) is 0 Å². The largest absolute Gasteiger partial charge is 0.493 e. The van der Waals surface area contributed by atoms with E-state index < -0.39 is 0 Å². The molecule has 0 radical (unpaired) electrons. The molecule has 3 nitrogen and oxygen atoms in total. The molecule has 1 N–H and O–H groups in total. The molecule has 18 heavy (non-hydrogen) atoms. The summed E-state index contributed by atoms with van der Waals surface area (Å²) in [7, 11) is 0. The number of aliphatic hydroxyl groups excluding tert-OH is 1. The molecule has 3 heteroatoms.